The van der Waals surface area contributed by atoms with Crippen LogP contribution in [0.2, 0.25) is 39.0 Å². The van der Waals surface area contributed by atoms with Gasteiger partial charge in [-0.05, 0) is 95.0 Å². The molecular weight excluding hydrogens is 882 g/mol. The number of hydrogen-bond donors (Lipinski definition) is 1. The van der Waals surface area contributed by atoms with E-state index in [1.807, 2.05) is 58.4 Å². The van der Waals surface area contributed by atoms with Crippen LogP contribution >= 0.6 is 46.4 Å². The van der Waals surface area contributed by atoms with Crippen LogP contribution in [0.15, 0.2) is 24.5 Å². The van der Waals surface area contributed by atoms with E-state index in [9.17, 15) is 5.11 Å². The first-order valence-electron chi connectivity index (χ1n) is 19.6. The molecule has 0 amide bonds. The lowest BCUT2D eigenvalue weighted by Gasteiger charge is -2.37. The zero-order chi connectivity index (χ0) is 44.3. The molecule has 0 spiro atoms. The van der Waals surface area contributed by atoms with Gasteiger partial charge in [0, 0.05) is 26.6 Å². The SMILES string of the molecule is CC1(C)O[C@@H]2[C@H](O1)[C@@H](CO)O[C@H]2n1ccc2c(Cl)nc(Cl)nc21.CC1(C)O[C@@H]2[C@H](O1)[C@@H](CO[Si](C)(C)C(C)(C)C)O[C@H]2n1ccc2c(Cl)nc(Cl)nc21.COC(C)(C)OC. The van der Waals surface area contributed by atoms with Gasteiger partial charge in [0.05, 0.1) is 24.0 Å². The fourth-order valence-corrected chi connectivity index (χ4v) is 8.88. The average molecular weight is 939 g/mol. The molecule has 8 atom stereocenters. The van der Waals surface area contributed by atoms with E-state index in [1.165, 1.54) is 0 Å². The summed E-state index contributed by atoms with van der Waals surface area (Å²) < 4.78 is 56.5. The third-order valence-corrected chi connectivity index (χ3v) is 16.8. The van der Waals surface area contributed by atoms with Crippen molar-refractivity contribution in [2.45, 2.75) is 147 Å². The van der Waals surface area contributed by atoms with Gasteiger partial charge in [-0.2, -0.15) is 9.97 Å². The predicted molar refractivity (Wildman–Crippen MR) is 229 cm³/mol. The summed E-state index contributed by atoms with van der Waals surface area (Å²) in [5.41, 5.74) is 1.15. The molecule has 0 aliphatic carbocycles. The van der Waals surface area contributed by atoms with E-state index >= 15 is 0 Å². The molecule has 4 aliphatic heterocycles. The quantitative estimate of drug-likeness (QED) is 0.0776. The molecule has 0 unspecified atom stereocenters. The van der Waals surface area contributed by atoms with E-state index < -0.39 is 44.2 Å². The van der Waals surface area contributed by atoms with Crippen LogP contribution in [0.4, 0.5) is 0 Å². The Hall–Kier alpha value is -1.78. The summed E-state index contributed by atoms with van der Waals surface area (Å²) >= 11 is 24.3. The van der Waals surface area contributed by atoms with Crippen LogP contribution in [-0.2, 0) is 42.3 Å². The van der Waals surface area contributed by atoms with Crippen molar-refractivity contribution in [3.05, 3.63) is 45.4 Å². The first-order valence-corrected chi connectivity index (χ1v) is 24.0. The standard InChI is InChI=1S/C20H29Cl2N3O4Si.C14H15Cl2N3O4.C5H12O2/c1-19(2,3)30(6,7)26-10-12-13-14(29-20(4,5)28-13)17(27-12)25-9-8-11-15(21)23-18(22)24-16(11)25;1-14(2)22-8-7(5-20)21-12(9(8)23-14)19-4-3-6-10(15)17-13(16)18-11(6)19;1-5(2,6-3)7-4/h8-9,12-14,17H,10H2,1-7H3;3-4,7-9,12,20H,5H2,1-2H3;1-4H3/t12-,13-,14-,17-;7-,8-,9-,12-;/m11./s1. The lowest BCUT2D eigenvalue weighted by molar-refractivity contribution is -0.199. The minimum atomic E-state index is -1.94. The van der Waals surface area contributed by atoms with Crippen LogP contribution in [0.3, 0.4) is 0 Å². The van der Waals surface area contributed by atoms with Gasteiger partial charge >= 0.3 is 0 Å². The largest absolute Gasteiger partial charge is 0.414 e. The summed E-state index contributed by atoms with van der Waals surface area (Å²) in [6, 6.07) is 3.65. The van der Waals surface area contributed by atoms with Gasteiger partial charge in [0.25, 0.3) is 0 Å². The van der Waals surface area contributed by atoms with Gasteiger partial charge in [0.2, 0.25) is 10.6 Å². The van der Waals surface area contributed by atoms with Crippen molar-refractivity contribution in [1.82, 2.24) is 29.1 Å². The van der Waals surface area contributed by atoms with Crippen LogP contribution in [0.1, 0.15) is 74.8 Å². The van der Waals surface area contributed by atoms with Crippen molar-refractivity contribution >= 4 is 76.8 Å². The summed E-state index contributed by atoms with van der Waals surface area (Å²) in [5, 5.41) is 11.8. The van der Waals surface area contributed by atoms with Gasteiger partial charge in [-0.15, -0.1) is 0 Å². The molecule has 0 aromatic carbocycles. The third-order valence-electron chi connectivity index (χ3n) is 11.4. The van der Waals surface area contributed by atoms with E-state index in [-0.39, 0.29) is 57.9 Å². The topological polar surface area (TPSA) is 165 Å². The number of halogens is 4. The lowest BCUT2D eigenvalue weighted by Crippen LogP contribution is -2.44. The van der Waals surface area contributed by atoms with Crippen molar-refractivity contribution < 1.29 is 47.4 Å². The normalized spacial score (nSPS) is 28.4. The summed E-state index contributed by atoms with van der Waals surface area (Å²) in [6.45, 7) is 22.6. The third kappa shape index (κ3) is 9.95. The number of aliphatic hydroxyl groups excluding tert-OH is 1. The Labute approximate surface area is 371 Å². The number of nitrogens with zero attached hydrogens (tertiary/aromatic N) is 6. The second kappa shape index (κ2) is 17.7. The van der Waals surface area contributed by atoms with Crippen molar-refractivity contribution in [3.8, 4) is 0 Å². The minimum Gasteiger partial charge on any atom is -0.414 e. The van der Waals surface area contributed by atoms with Gasteiger partial charge in [-0.25, -0.2) is 9.97 Å². The highest BCUT2D eigenvalue weighted by molar-refractivity contribution is 6.74. The monoisotopic (exact) mass is 936 g/mol. The van der Waals surface area contributed by atoms with Gasteiger partial charge in [-0.3, -0.25) is 0 Å². The molecule has 21 heteroatoms. The maximum Gasteiger partial charge on any atom is 0.225 e. The Bertz CT molecular complexity index is 2140. The molecule has 8 rings (SSSR count). The highest BCUT2D eigenvalue weighted by atomic mass is 35.5. The van der Waals surface area contributed by atoms with Crippen molar-refractivity contribution in [3.63, 3.8) is 0 Å². The van der Waals surface area contributed by atoms with Gasteiger partial charge in [0.1, 0.15) is 58.2 Å². The molecule has 0 saturated carbocycles. The Morgan fingerprint density at radius 1 is 0.683 bits per heavy atom. The Morgan fingerprint density at radius 2 is 1.08 bits per heavy atom. The molecule has 4 aromatic heterocycles. The number of rotatable bonds is 8. The zero-order valence-corrected chi connectivity index (χ0v) is 40.2. The molecule has 4 fully saturated rings. The molecule has 8 heterocycles. The molecular formula is C39H56Cl4N6O10Si. The highest BCUT2D eigenvalue weighted by Gasteiger charge is 2.57. The predicted octanol–water partition coefficient (Wildman–Crippen LogP) is 8.34. The highest BCUT2D eigenvalue weighted by Crippen LogP contribution is 2.46. The van der Waals surface area contributed by atoms with Gasteiger partial charge < -0.3 is 56.6 Å². The van der Waals surface area contributed by atoms with Crippen molar-refractivity contribution in [2.75, 3.05) is 27.4 Å². The first kappa shape index (κ1) is 47.7. The Morgan fingerprint density at radius 3 is 1.47 bits per heavy atom. The number of methoxy groups -OCH3 is 2. The number of fused-ring (bicyclic) bond motifs is 4. The van der Waals surface area contributed by atoms with E-state index in [0.29, 0.717) is 33.8 Å². The summed E-state index contributed by atoms with van der Waals surface area (Å²) in [4.78, 5) is 16.6. The zero-order valence-electron chi connectivity index (χ0n) is 36.2. The van der Waals surface area contributed by atoms with E-state index in [4.69, 9.17) is 88.7 Å². The van der Waals surface area contributed by atoms with Crippen LogP contribution in [0, 0.1) is 0 Å². The lowest BCUT2D eigenvalue weighted by atomic mass is 10.1. The second-order valence-electron chi connectivity index (χ2n) is 17.8. The Kier molecular flexibility index (Phi) is 14.0. The van der Waals surface area contributed by atoms with Crippen LogP contribution in [-0.4, -0.2) is 124 Å². The Balaban J connectivity index is 0.000000178. The van der Waals surface area contributed by atoms with Crippen LogP contribution in [0.5, 0.6) is 0 Å². The molecule has 4 saturated heterocycles. The smallest absolute Gasteiger partial charge is 0.225 e. The van der Waals surface area contributed by atoms with Gasteiger partial charge in [0.15, 0.2) is 38.1 Å². The summed E-state index contributed by atoms with van der Waals surface area (Å²) in [5.74, 6) is -1.86. The molecule has 334 valence electrons. The molecule has 0 radical (unpaired) electrons. The molecule has 4 aromatic rings. The summed E-state index contributed by atoms with van der Waals surface area (Å²) in [7, 11) is 1.29. The van der Waals surface area contributed by atoms with Crippen LogP contribution in [0.25, 0.3) is 22.1 Å². The van der Waals surface area contributed by atoms with Crippen molar-refractivity contribution in [1.29, 1.82) is 0 Å². The molecule has 16 nitrogen and oxygen atoms in total. The molecule has 4 aliphatic rings. The fraction of sp³-hybridized carbons (Fsp3) is 0.692. The molecule has 1 N–H and O–H groups in total. The second-order valence-corrected chi connectivity index (χ2v) is 24.0. The first-order chi connectivity index (χ1) is 27.8. The van der Waals surface area contributed by atoms with E-state index in [0.717, 1.165) is 0 Å². The number of aromatic nitrogens is 6. The minimum absolute atomic E-state index is 0.0552. The van der Waals surface area contributed by atoms with Crippen LogP contribution < -0.4 is 0 Å². The number of hydrogen-bond acceptors (Lipinski definition) is 14. The number of ether oxygens (including phenoxy) is 8. The molecule has 60 heavy (non-hydrogen) atoms. The maximum absolute atomic E-state index is 9.56. The average Bonchev–Trinajstić information content (AvgIpc) is 3.99. The maximum atomic E-state index is 9.56. The fourth-order valence-electron chi connectivity index (χ4n) is 6.99. The molecule has 0 bridgehead atoms. The number of aliphatic hydroxyl groups is 1. The van der Waals surface area contributed by atoms with Gasteiger partial charge in [-0.1, -0.05) is 44.0 Å². The van der Waals surface area contributed by atoms with E-state index in [1.54, 1.807) is 31.0 Å². The van der Waals surface area contributed by atoms with Crippen molar-refractivity contribution in [2.24, 2.45) is 0 Å². The summed E-state index contributed by atoms with van der Waals surface area (Å²) in [6.07, 6.45) is 0.694. The van der Waals surface area contributed by atoms with E-state index in [2.05, 4.69) is 53.8 Å².